The molecule has 0 bridgehead atoms. The number of thioether (sulfide) groups is 1. The number of hydrogen-bond acceptors (Lipinski definition) is 7. The summed E-state index contributed by atoms with van der Waals surface area (Å²) in [6, 6.07) is 12.8. The van der Waals surface area contributed by atoms with Gasteiger partial charge in [0.05, 0.1) is 28.8 Å². The van der Waals surface area contributed by atoms with Crippen molar-refractivity contribution < 1.29 is 29.0 Å². The first-order valence-electron chi connectivity index (χ1n) is 9.86. The van der Waals surface area contributed by atoms with E-state index in [-0.39, 0.29) is 36.0 Å². The van der Waals surface area contributed by atoms with Gasteiger partial charge >= 0.3 is 11.9 Å². The number of carboxylic acid groups (broad SMARTS) is 1. The summed E-state index contributed by atoms with van der Waals surface area (Å²) >= 11 is 6.48. The fourth-order valence-electron chi connectivity index (χ4n) is 3.07. The number of esters is 1. The highest BCUT2D eigenvalue weighted by Crippen LogP contribution is 2.32. The summed E-state index contributed by atoms with van der Waals surface area (Å²) in [6.45, 7) is 0.261. The fraction of sp³-hybridized carbons (Fsp3) is 0.174. The second-order valence-electron chi connectivity index (χ2n) is 6.95. The third kappa shape index (κ3) is 6.05. The number of carboxylic acids is 1. The third-order valence-electron chi connectivity index (χ3n) is 4.72. The Balaban J connectivity index is 1.56. The quantitative estimate of drug-likeness (QED) is 0.331. The van der Waals surface area contributed by atoms with Crippen LogP contribution in [0.1, 0.15) is 39.1 Å². The number of nitrogens with zero attached hydrogens (tertiary/aromatic N) is 1. The number of amides is 2. The lowest BCUT2D eigenvalue weighted by Gasteiger charge is -2.14. The molecule has 2 amide bonds. The van der Waals surface area contributed by atoms with Gasteiger partial charge in [0.15, 0.2) is 0 Å². The van der Waals surface area contributed by atoms with Crippen LogP contribution in [0.5, 0.6) is 0 Å². The summed E-state index contributed by atoms with van der Waals surface area (Å²) < 4.78 is 5.06. The van der Waals surface area contributed by atoms with E-state index in [0.717, 1.165) is 5.56 Å². The van der Waals surface area contributed by atoms with Gasteiger partial charge in [-0.3, -0.25) is 14.5 Å². The first-order chi connectivity index (χ1) is 15.8. The van der Waals surface area contributed by atoms with Gasteiger partial charge in [-0.25, -0.2) is 9.59 Å². The van der Waals surface area contributed by atoms with Crippen LogP contribution in [0, 0.1) is 0 Å². The van der Waals surface area contributed by atoms with Crippen molar-refractivity contribution in [1.29, 1.82) is 0 Å². The number of carbonyl (C=O) groups is 4. The van der Waals surface area contributed by atoms with Gasteiger partial charge in [0.25, 0.3) is 5.91 Å². The molecule has 2 N–H and O–H groups in total. The zero-order valence-electron chi connectivity index (χ0n) is 17.6. The topological polar surface area (TPSA) is 113 Å². The van der Waals surface area contributed by atoms with Crippen molar-refractivity contribution in [1.82, 2.24) is 4.90 Å². The van der Waals surface area contributed by atoms with Crippen LogP contribution in [0.4, 0.5) is 5.69 Å². The summed E-state index contributed by atoms with van der Waals surface area (Å²) in [6.07, 6.45) is 2.14. The number of benzene rings is 2. The van der Waals surface area contributed by atoms with Crippen LogP contribution in [-0.2, 0) is 14.3 Å². The molecule has 170 valence electrons. The van der Waals surface area contributed by atoms with Crippen molar-refractivity contribution in [2.75, 3.05) is 19.0 Å². The van der Waals surface area contributed by atoms with E-state index in [1.165, 1.54) is 35.9 Å². The first-order valence-corrected chi connectivity index (χ1v) is 11.1. The minimum atomic E-state index is -1.13. The summed E-state index contributed by atoms with van der Waals surface area (Å²) in [5.41, 5.74) is 1.38. The third-order valence-corrected chi connectivity index (χ3v) is 6.10. The molecule has 0 aliphatic carbocycles. The van der Waals surface area contributed by atoms with Gasteiger partial charge in [-0.15, -0.1) is 0 Å². The molecule has 1 heterocycles. The molecule has 0 spiro atoms. The maximum Gasteiger partial charge on any atom is 0.337 e. The molecule has 3 rings (SSSR count). The van der Waals surface area contributed by atoms with Gasteiger partial charge in [0, 0.05) is 13.0 Å². The largest absolute Gasteiger partial charge is 0.478 e. The molecule has 1 aliphatic rings. The lowest BCUT2D eigenvalue weighted by molar-refractivity contribution is -0.122. The zero-order valence-corrected chi connectivity index (χ0v) is 19.2. The minimum absolute atomic E-state index is 0.00699. The molecule has 8 nitrogen and oxygen atoms in total. The van der Waals surface area contributed by atoms with E-state index in [0.29, 0.717) is 21.2 Å². The number of aromatic carboxylic acids is 1. The average molecular weight is 485 g/mol. The van der Waals surface area contributed by atoms with Crippen LogP contribution >= 0.6 is 24.0 Å². The SMILES string of the molecule is COC(=O)c1ccc(C=C2SC(=S)N(CCCC(=O)Nc3ccccc3C(=O)O)C2=O)cc1. The number of para-hydroxylation sites is 1. The zero-order chi connectivity index (χ0) is 24.0. The smallest absolute Gasteiger partial charge is 0.337 e. The molecule has 1 aliphatic heterocycles. The number of carbonyl (C=O) groups excluding carboxylic acids is 3. The van der Waals surface area contributed by atoms with E-state index < -0.39 is 11.9 Å². The molecule has 2 aromatic rings. The number of anilines is 1. The highest BCUT2D eigenvalue weighted by atomic mass is 32.2. The Kier molecular flexibility index (Phi) is 7.96. The Hall–Kier alpha value is -3.50. The second kappa shape index (κ2) is 10.9. The van der Waals surface area contributed by atoms with Gasteiger partial charge < -0.3 is 15.2 Å². The molecule has 33 heavy (non-hydrogen) atoms. The monoisotopic (exact) mass is 484 g/mol. The van der Waals surface area contributed by atoms with Gasteiger partial charge in [-0.2, -0.15) is 0 Å². The molecule has 2 aromatic carbocycles. The first kappa shape index (κ1) is 24.1. The molecular formula is C23H20N2O6S2. The number of thiocarbonyl (C=S) groups is 1. The number of hydrogen-bond donors (Lipinski definition) is 2. The van der Waals surface area contributed by atoms with Crippen LogP contribution in [0.25, 0.3) is 6.08 Å². The standard InChI is InChI=1S/C23H20N2O6S2/c1-31-22(30)15-10-8-14(9-11-15)13-18-20(27)25(23(32)33-18)12-4-7-19(26)24-17-6-3-2-5-16(17)21(28)29/h2-3,5-6,8-11,13H,4,7,12H2,1H3,(H,24,26)(H,28,29). The number of ether oxygens (including phenoxy) is 1. The summed E-state index contributed by atoms with van der Waals surface area (Å²) in [5.74, 6) is -2.17. The van der Waals surface area contributed by atoms with E-state index in [1.54, 1.807) is 42.5 Å². The van der Waals surface area contributed by atoms with E-state index in [2.05, 4.69) is 10.1 Å². The predicted molar refractivity (Wildman–Crippen MR) is 129 cm³/mol. The summed E-state index contributed by atoms with van der Waals surface area (Å²) in [5, 5.41) is 11.8. The Bertz CT molecular complexity index is 1140. The second-order valence-corrected chi connectivity index (χ2v) is 8.63. The molecule has 1 saturated heterocycles. The predicted octanol–water partition coefficient (Wildman–Crippen LogP) is 3.79. The van der Waals surface area contributed by atoms with Crippen molar-refractivity contribution >= 4 is 63.8 Å². The normalized spacial score (nSPS) is 14.5. The fourth-order valence-corrected chi connectivity index (χ4v) is 4.38. The number of nitrogens with one attached hydrogen (secondary N) is 1. The maximum absolute atomic E-state index is 12.7. The summed E-state index contributed by atoms with van der Waals surface area (Å²) in [7, 11) is 1.31. The van der Waals surface area contributed by atoms with Crippen LogP contribution in [0.15, 0.2) is 53.4 Å². The van der Waals surface area contributed by atoms with Crippen molar-refractivity contribution in [2.24, 2.45) is 0 Å². The molecular weight excluding hydrogens is 464 g/mol. The Morgan fingerprint density at radius 1 is 1.15 bits per heavy atom. The lowest BCUT2D eigenvalue weighted by atomic mass is 10.1. The van der Waals surface area contributed by atoms with Crippen LogP contribution in [-0.4, -0.2) is 51.7 Å². The van der Waals surface area contributed by atoms with E-state index in [4.69, 9.17) is 12.2 Å². The minimum Gasteiger partial charge on any atom is -0.478 e. The van der Waals surface area contributed by atoms with Gasteiger partial charge in [-0.05, 0) is 42.3 Å². The highest BCUT2D eigenvalue weighted by molar-refractivity contribution is 8.26. The summed E-state index contributed by atoms with van der Waals surface area (Å²) in [4.78, 5) is 49.6. The van der Waals surface area contributed by atoms with Gasteiger partial charge in [-0.1, -0.05) is 48.2 Å². The number of rotatable bonds is 8. The van der Waals surface area contributed by atoms with E-state index in [9.17, 15) is 24.3 Å². The molecule has 0 saturated carbocycles. The van der Waals surface area contributed by atoms with Gasteiger partial charge in [0.1, 0.15) is 4.32 Å². The Labute approximate surface area is 199 Å². The lowest BCUT2D eigenvalue weighted by Crippen LogP contribution is -2.29. The Morgan fingerprint density at radius 3 is 2.52 bits per heavy atom. The molecule has 0 aromatic heterocycles. The maximum atomic E-state index is 12.7. The van der Waals surface area contributed by atoms with Crippen LogP contribution in [0.2, 0.25) is 0 Å². The van der Waals surface area contributed by atoms with Crippen molar-refractivity contribution in [3.8, 4) is 0 Å². The van der Waals surface area contributed by atoms with E-state index >= 15 is 0 Å². The average Bonchev–Trinajstić information content (AvgIpc) is 3.06. The molecule has 10 heteroatoms. The molecule has 1 fully saturated rings. The Morgan fingerprint density at radius 2 is 1.85 bits per heavy atom. The number of methoxy groups -OCH3 is 1. The van der Waals surface area contributed by atoms with Crippen LogP contribution < -0.4 is 5.32 Å². The van der Waals surface area contributed by atoms with Crippen molar-refractivity contribution in [2.45, 2.75) is 12.8 Å². The molecule has 0 radical (unpaired) electrons. The van der Waals surface area contributed by atoms with Crippen LogP contribution in [0.3, 0.4) is 0 Å². The highest BCUT2D eigenvalue weighted by Gasteiger charge is 2.31. The van der Waals surface area contributed by atoms with Crippen molar-refractivity contribution in [3.63, 3.8) is 0 Å². The van der Waals surface area contributed by atoms with Crippen molar-refractivity contribution in [3.05, 3.63) is 70.1 Å². The van der Waals surface area contributed by atoms with Gasteiger partial charge in [0.2, 0.25) is 5.91 Å². The molecule has 0 atom stereocenters. The molecule has 0 unspecified atom stereocenters. The van der Waals surface area contributed by atoms with E-state index in [1.807, 2.05) is 0 Å².